The molecule has 0 radical (unpaired) electrons. The predicted molar refractivity (Wildman–Crippen MR) is 97.7 cm³/mol. The van der Waals surface area contributed by atoms with E-state index in [9.17, 15) is 4.79 Å². The molecule has 2 aromatic rings. The molecule has 2 aliphatic carbocycles. The van der Waals surface area contributed by atoms with Gasteiger partial charge in [0.25, 0.3) is 0 Å². The van der Waals surface area contributed by atoms with Crippen molar-refractivity contribution in [2.45, 2.75) is 63.5 Å². The molecule has 2 atom stereocenters. The summed E-state index contributed by atoms with van der Waals surface area (Å²) in [6, 6.07) is 0.432. The Bertz CT molecular complexity index is 829. The van der Waals surface area contributed by atoms with Crippen LogP contribution in [0.5, 0.6) is 0 Å². The maximum absolute atomic E-state index is 12.0. The van der Waals surface area contributed by atoms with Crippen LogP contribution in [0.25, 0.3) is 0 Å². The maximum atomic E-state index is 12.0. The van der Waals surface area contributed by atoms with Crippen LogP contribution >= 0.6 is 0 Å². The van der Waals surface area contributed by atoms with Gasteiger partial charge in [0.05, 0.1) is 6.54 Å². The molecular formula is C18H29N7O. The number of nitrogens with zero attached hydrogens (tertiary/aromatic N) is 6. The molecule has 2 saturated carbocycles. The second-order valence-electron chi connectivity index (χ2n) is 7.90. The van der Waals surface area contributed by atoms with Gasteiger partial charge in [-0.1, -0.05) is 12.8 Å². The molecule has 0 spiro atoms. The Morgan fingerprint density at radius 2 is 1.77 bits per heavy atom. The number of nitrogens with one attached hydrogen (secondary N) is 1. The lowest BCUT2D eigenvalue weighted by atomic mass is 9.82. The van der Waals surface area contributed by atoms with Gasteiger partial charge in [-0.25, -0.2) is 14.5 Å². The first-order valence-electron chi connectivity index (χ1n) is 9.75. The number of hydrogen-bond acceptors (Lipinski definition) is 5. The molecule has 8 heteroatoms. The fraction of sp³-hybridized carbons (Fsp3) is 0.778. The van der Waals surface area contributed by atoms with E-state index in [0.29, 0.717) is 17.9 Å². The normalized spacial score (nSPS) is 23.5. The van der Waals surface area contributed by atoms with Gasteiger partial charge in [0.15, 0.2) is 5.82 Å². The summed E-state index contributed by atoms with van der Waals surface area (Å²) in [6.45, 7) is 0.749. The Hall–Kier alpha value is -1.96. The van der Waals surface area contributed by atoms with Crippen LogP contribution in [0.1, 0.15) is 61.9 Å². The second-order valence-corrected chi connectivity index (χ2v) is 7.90. The van der Waals surface area contributed by atoms with E-state index >= 15 is 0 Å². The Morgan fingerprint density at radius 3 is 2.46 bits per heavy atom. The largest absolute Gasteiger partial charge is 0.345 e. The fourth-order valence-electron chi connectivity index (χ4n) is 4.07. The number of aromatic nitrogens is 6. The summed E-state index contributed by atoms with van der Waals surface area (Å²) < 4.78 is 5.02. The molecule has 0 unspecified atom stereocenters. The zero-order valence-electron chi connectivity index (χ0n) is 16.0. The van der Waals surface area contributed by atoms with Crippen molar-refractivity contribution in [3.63, 3.8) is 0 Å². The molecule has 2 aromatic heterocycles. The number of rotatable bonds is 6. The van der Waals surface area contributed by atoms with Crippen molar-refractivity contribution >= 4 is 0 Å². The first-order valence-corrected chi connectivity index (χ1v) is 9.75. The van der Waals surface area contributed by atoms with Gasteiger partial charge in [0, 0.05) is 39.5 Å². The quantitative estimate of drug-likeness (QED) is 0.832. The first kappa shape index (κ1) is 17.5. The Balaban J connectivity index is 1.42. The van der Waals surface area contributed by atoms with Crippen molar-refractivity contribution in [2.24, 2.45) is 27.1 Å². The minimum Gasteiger partial charge on any atom is -0.307 e. The van der Waals surface area contributed by atoms with Crippen molar-refractivity contribution in [1.29, 1.82) is 0 Å². The zero-order chi connectivity index (χ0) is 18.3. The SMILES string of the molecule is Cn1nc(C2CC2)nc1CN[C@@H]1CCCC[C@@H]1Cc1nn(C)c(=O)n1C. The summed E-state index contributed by atoms with van der Waals surface area (Å²) in [5.74, 6) is 3.99. The first-order chi connectivity index (χ1) is 12.5. The molecule has 0 amide bonds. The van der Waals surface area contributed by atoms with Crippen LogP contribution in [0.15, 0.2) is 4.79 Å². The molecule has 2 aliphatic rings. The minimum absolute atomic E-state index is 0.0491. The Kier molecular flexibility index (Phi) is 4.69. The summed E-state index contributed by atoms with van der Waals surface area (Å²) in [6.07, 6.45) is 8.14. The van der Waals surface area contributed by atoms with E-state index in [1.54, 1.807) is 11.6 Å². The zero-order valence-corrected chi connectivity index (χ0v) is 16.0. The molecule has 142 valence electrons. The third kappa shape index (κ3) is 3.47. The summed E-state index contributed by atoms with van der Waals surface area (Å²) in [5.41, 5.74) is -0.0491. The highest BCUT2D eigenvalue weighted by atomic mass is 16.2. The summed E-state index contributed by atoms with van der Waals surface area (Å²) in [4.78, 5) is 16.7. The van der Waals surface area contributed by atoms with E-state index in [4.69, 9.17) is 4.98 Å². The van der Waals surface area contributed by atoms with Gasteiger partial charge < -0.3 is 5.32 Å². The van der Waals surface area contributed by atoms with Crippen LogP contribution in [0.4, 0.5) is 0 Å². The topological polar surface area (TPSA) is 82.6 Å². The fourth-order valence-corrected chi connectivity index (χ4v) is 4.07. The average molecular weight is 359 g/mol. The van der Waals surface area contributed by atoms with Crippen LogP contribution in [0, 0.1) is 5.92 Å². The standard InChI is InChI=1S/C18H29N7O/c1-23-15(21-25(3)18(23)26)10-13-6-4-5-7-14(13)19-11-16-20-17(12-8-9-12)22-24(16)2/h12-14,19H,4-11H2,1-3H3/t13-,14-/m1/s1. The molecule has 0 saturated heterocycles. The molecule has 26 heavy (non-hydrogen) atoms. The Labute approximate surface area is 153 Å². The molecule has 0 bridgehead atoms. The third-order valence-electron chi connectivity index (χ3n) is 5.90. The van der Waals surface area contributed by atoms with Gasteiger partial charge in [0.2, 0.25) is 0 Å². The summed E-state index contributed by atoms with van der Waals surface area (Å²) >= 11 is 0. The van der Waals surface area contributed by atoms with E-state index in [0.717, 1.165) is 30.4 Å². The maximum Gasteiger partial charge on any atom is 0.345 e. The van der Waals surface area contributed by atoms with E-state index < -0.39 is 0 Å². The second kappa shape index (κ2) is 6.98. The third-order valence-corrected chi connectivity index (χ3v) is 5.90. The summed E-state index contributed by atoms with van der Waals surface area (Å²) in [5, 5.41) is 12.7. The van der Waals surface area contributed by atoms with Crippen molar-refractivity contribution in [3.05, 3.63) is 28.0 Å². The lowest BCUT2D eigenvalue weighted by Gasteiger charge is -2.32. The molecule has 2 fully saturated rings. The van der Waals surface area contributed by atoms with E-state index in [1.165, 1.54) is 43.2 Å². The molecule has 4 rings (SSSR count). The van der Waals surface area contributed by atoms with Crippen LogP contribution in [0.2, 0.25) is 0 Å². The molecule has 8 nitrogen and oxygen atoms in total. The van der Waals surface area contributed by atoms with Crippen LogP contribution in [0.3, 0.4) is 0 Å². The molecule has 0 aliphatic heterocycles. The highest BCUT2D eigenvalue weighted by molar-refractivity contribution is 5.06. The lowest BCUT2D eigenvalue weighted by Crippen LogP contribution is -2.40. The van der Waals surface area contributed by atoms with Gasteiger partial charge in [0.1, 0.15) is 11.6 Å². The molecule has 0 aromatic carbocycles. The van der Waals surface area contributed by atoms with E-state index in [1.807, 2.05) is 18.8 Å². The van der Waals surface area contributed by atoms with Gasteiger partial charge in [-0.2, -0.15) is 10.2 Å². The summed E-state index contributed by atoms with van der Waals surface area (Å²) in [7, 11) is 5.51. The van der Waals surface area contributed by atoms with Crippen LogP contribution in [-0.4, -0.2) is 35.2 Å². The monoisotopic (exact) mass is 359 g/mol. The predicted octanol–water partition coefficient (Wildman–Crippen LogP) is 1.02. The van der Waals surface area contributed by atoms with E-state index in [2.05, 4.69) is 15.5 Å². The lowest BCUT2D eigenvalue weighted by molar-refractivity contribution is 0.252. The highest BCUT2D eigenvalue weighted by Crippen LogP contribution is 2.38. The Morgan fingerprint density at radius 1 is 1.00 bits per heavy atom. The van der Waals surface area contributed by atoms with Gasteiger partial charge in [-0.3, -0.25) is 9.25 Å². The molecule has 1 N–H and O–H groups in total. The van der Waals surface area contributed by atoms with E-state index in [-0.39, 0.29) is 5.69 Å². The van der Waals surface area contributed by atoms with Gasteiger partial charge in [-0.15, -0.1) is 0 Å². The minimum atomic E-state index is -0.0491. The average Bonchev–Trinajstić information content (AvgIpc) is 3.38. The van der Waals surface area contributed by atoms with Crippen LogP contribution in [-0.2, 0) is 34.1 Å². The molecular weight excluding hydrogens is 330 g/mol. The van der Waals surface area contributed by atoms with Crippen molar-refractivity contribution < 1.29 is 0 Å². The highest BCUT2D eigenvalue weighted by Gasteiger charge is 2.30. The van der Waals surface area contributed by atoms with Crippen molar-refractivity contribution in [1.82, 2.24) is 34.4 Å². The van der Waals surface area contributed by atoms with Crippen molar-refractivity contribution in [3.8, 4) is 0 Å². The van der Waals surface area contributed by atoms with Crippen LogP contribution < -0.4 is 11.0 Å². The smallest absolute Gasteiger partial charge is 0.307 e. The van der Waals surface area contributed by atoms with Gasteiger partial charge in [-0.05, 0) is 31.6 Å². The van der Waals surface area contributed by atoms with Crippen molar-refractivity contribution in [2.75, 3.05) is 0 Å². The van der Waals surface area contributed by atoms with Gasteiger partial charge >= 0.3 is 5.69 Å². The number of hydrogen-bond donors (Lipinski definition) is 1. The molecule has 2 heterocycles. The number of aryl methyl sites for hydroxylation is 2.